The van der Waals surface area contributed by atoms with Gasteiger partial charge in [-0.25, -0.2) is 13.1 Å². The minimum Gasteiger partial charge on any atom is -0.497 e. The van der Waals surface area contributed by atoms with E-state index in [1.165, 1.54) is 0 Å². The van der Waals surface area contributed by atoms with E-state index in [1.807, 2.05) is 41.3 Å². The van der Waals surface area contributed by atoms with Gasteiger partial charge in [0.1, 0.15) is 5.75 Å². The molecule has 0 N–H and O–H groups in total. The Balaban J connectivity index is 1.44. The van der Waals surface area contributed by atoms with Crippen LogP contribution in [-0.2, 0) is 16.4 Å². The molecule has 2 fully saturated rings. The number of benzene rings is 1. The molecular weight excluding hydrogens is 326 g/mol. The molecule has 2 aromatic rings. The van der Waals surface area contributed by atoms with Crippen LogP contribution < -0.4 is 4.74 Å². The van der Waals surface area contributed by atoms with E-state index in [0.29, 0.717) is 18.2 Å². The Hall–Kier alpha value is -1.86. The number of ether oxygens (including phenoxy) is 1. The Bertz CT molecular complexity index is 829. The lowest BCUT2D eigenvalue weighted by atomic mass is 10.1. The van der Waals surface area contributed by atoms with E-state index in [2.05, 4.69) is 10.00 Å². The summed E-state index contributed by atoms with van der Waals surface area (Å²) in [5, 5.41) is 4.26. The first kappa shape index (κ1) is 15.7. The molecule has 0 aliphatic carbocycles. The molecule has 2 atom stereocenters. The van der Waals surface area contributed by atoms with Crippen LogP contribution in [0.15, 0.2) is 36.7 Å². The van der Waals surface area contributed by atoms with Crippen LogP contribution in [0.3, 0.4) is 0 Å². The number of nitrogens with zero attached hydrogens (tertiary/aromatic N) is 3. The molecule has 0 saturated carbocycles. The summed E-state index contributed by atoms with van der Waals surface area (Å²) in [4.78, 5) is 2.24. The van der Waals surface area contributed by atoms with Crippen LogP contribution in [-0.4, -0.2) is 54.3 Å². The van der Waals surface area contributed by atoms with Crippen molar-refractivity contribution in [2.75, 3.05) is 26.0 Å². The summed E-state index contributed by atoms with van der Waals surface area (Å²) in [6, 6.07) is 7.73. The Kier molecular flexibility index (Phi) is 3.85. The molecular formula is C17H21N3O3S. The Morgan fingerprint density at radius 1 is 1.25 bits per heavy atom. The number of sulfone groups is 1. The third-order valence-electron chi connectivity index (χ3n) is 5.07. The quantitative estimate of drug-likeness (QED) is 0.839. The van der Waals surface area contributed by atoms with Crippen LogP contribution >= 0.6 is 0 Å². The number of likely N-dealkylation sites (tertiary alicyclic amines) is 1. The number of rotatable bonds is 4. The first-order valence-corrected chi connectivity index (χ1v) is 9.88. The largest absolute Gasteiger partial charge is 0.497 e. The highest BCUT2D eigenvalue weighted by atomic mass is 32.2. The van der Waals surface area contributed by atoms with Crippen molar-refractivity contribution in [2.24, 2.45) is 5.92 Å². The van der Waals surface area contributed by atoms with Gasteiger partial charge in [-0.1, -0.05) is 0 Å². The SMILES string of the molecule is COc1ccc(-n2cc(CN3C[C@@H]4CCS(=O)(=O)[C@@H]4C3)cn2)cc1. The molecule has 24 heavy (non-hydrogen) atoms. The topological polar surface area (TPSA) is 64.4 Å². The standard InChI is InChI=1S/C17H21N3O3S/c1-23-16-4-2-15(3-5-16)20-10-13(8-18-20)9-19-11-14-6-7-24(21,22)17(14)12-19/h2-5,8,10,14,17H,6-7,9,11-12H2,1H3/t14-,17+/m0/s1. The van der Waals surface area contributed by atoms with E-state index in [9.17, 15) is 8.42 Å². The third kappa shape index (κ3) is 2.82. The molecule has 128 valence electrons. The molecule has 0 unspecified atom stereocenters. The summed E-state index contributed by atoms with van der Waals surface area (Å²) in [5.41, 5.74) is 2.08. The molecule has 0 radical (unpaired) electrons. The van der Waals surface area contributed by atoms with Crippen molar-refractivity contribution in [2.45, 2.75) is 18.2 Å². The molecule has 0 spiro atoms. The zero-order valence-corrected chi connectivity index (χ0v) is 14.4. The van der Waals surface area contributed by atoms with Crippen LogP contribution in [0.2, 0.25) is 0 Å². The lowest BCUT2D eigenvalue weighted by molar-refractivity contribution is 0.314. The van der Waals surface area contributed by atoms with Gasteiger partial charge in [-0.2, -0.15) is 5.10 Å². The molecule has 0 bridgehead atoms. The predicted octanol–water partition coefficient (Wildman–Crippen LogP) is 1.50. The van der Waals surface area contributed by atoms with Gasteiger partial charge < -0.3 is 4.74 Å². The van der Waals surface area contributed by atoms with E-state index < -0.39 is 9.84 Å². The first-order chi connectivity index (χ1) is 11.5. The van der Waals surface area contributed by atoms with Crippen molar-refractivity contribution in [3.05, 3.63) is 42.2 Å². The second-order valence-corrected chi connectivity index (χ2v) is 8.98. The Labute approximate surface area is 142 Å². The molecule has 4 rings (SSSR count). The molecule has 1 aromatic carbocycles. The highest BCUT2D eigenvalue weighted by molar-refractivity contribution is 7.92. The highest BCUT2D eigenvalue weighted by Gasteiger charge is 2.45. The number of aromatic nitrogens is 2. The summed E-state index contributed by atoms with van der Waals surface area (Å²) in [6.45, 7) is 2.27. The van der Waals surface area contributed by atoms with Crippen LogP contribution in [0.5, 0.6) is 5.75 Å². The second kappa shape index (κ2) is 5.89. The van der Waals surface area contributed by atoms with Crippen LogP contribution in [0.1, 0.15) is 12.0 Å². The van der Waals surface area contributed by atoms with Crippen molar-refractivity contribution in [3.63, 3.8) is 0 Å². The average Bonchev–Trinajstić information content (AvgIpc) is 3.26. The van der Waals surface area contributed by atoms with Gasteiger partial charge >= 0.3 is 0 Å². The van der Waals surface area contributed by atoms with Gasteiger partial charge in [-0.15, -0.1) is 0 Å². The third-order valence-corrected chi connectivity index (χ3v) is 7.33. The Morgan fingerprint density at radius 3 is 2.75 bits per heavy atom. The van der Waals surface area contributed by atoms with E-state index in [1.54, 1.807) is 7.11 Å². The smallest absolute Gasteiger partial charge is 0.154 e. The van der Waals surface area contributed by atoms with E-state index >= 15 is 0 Å². The summed E-state index contributed by atoms with van der Waals surface area (Å²) < 4.78 is 31.1. The molecule has 0 amide bonds. The molecule has 1 aromatic heterocycles. The van der Waals surface area contributed by atoms with Crippen LogP contribution in [0.25, 0.3) is 5.69 Å². The van der Waals surface area contributed by atoms with E-state index in [0.717, 1.165) is 36.5 Å². The van der Waals surface area contributed by atoms with E-state index in [4.69, 9.17) is 4.74 Å². The Morgan fingerprint density at radius 2 is 2.04 bits per heavy atom. The first-order valence-electron chi connectivity index (χ1n) is 8.17. The molecule has 6 nitrogen and oxygen atoms in total. The zero-order chi connectivity index (χ0) is 16.7. The molecule has 2 saturated heterocycles. The minimum atomic E-state index is -2.87. The fourth-order valence-corrected chi connectivity index (χ4v) is 5.96. The van der Waals surface area contributed by atoms with Gasteiger partial charge in [-0.05, 0) is 36.6 Å². The summed E-state index contributed by atoms with van der Waals surface area (Å²) >= 11 is 0. The summed E-state index contributed by atoms with van der Waals surface area (Å²) in [7, 11) is -1.22. The molecule has 2 aliphatic heterocycles. The monoisotopic (exact) mass is 347 g/mol. The second-order valence-electron chi connectivity index (χ2n) is 6.64. The van der Waals surface area contributed by atoms with Crippen LogP contribution in [0, 0.1) is 5.92 Å². The predicted molar refractivity (Wildman–Crippen MR) is 91.1 cm³/mol. The summed E-state index contributed by atoms with van der Waals surface area (Å²) in [5.74, 6) is 1.49. The number of fused-ring (bicyclic) bond motifs is 1. The van der Waals surface area contributed by atoms with Gasteiger partial charge in [0.2, 0.25) is 0 Å². The van der Waals surface area contributed by atoms with Crippen molar-refractivity contribution < 1.29 is 13.2 Å². The van der Waals surface area contributed by atoms with Gasteiger partial charge in [0.15, 0.2) is 9.84 Å². The lowest BCUT2D eigenvalue weighted by Gasteiger charge is -2.15. The van der Waals surface area contributed by atoms with Crippen LogP contribution in [0.4, 0.5) is 0 Å². The minimum absolute atomic E-state index is 0.158. The van der Waals surface area contributed by atoms with Crippen molar-refractivity contribution in [1.29, 1.82) is 0 Å². The molecule has 2 aliphatic rings. The maximum absolute atomic E-state index is 12.0. The fraction of sp³-hybridized carbons (Fsp3) is 0.471. The highest BCUT2D eigenvalue weighted by Crippen LogP contribution is 2.34. The number of hydrogen-bond donors (Lipinski definition) is 0. The van der Waals surface area contributed by atoms with Gasteiger partial charge in [0.25, 0.3) is 0 Å². The maximum Gasteiger partial charge on any atom is 0.154 e. The van der Waals surface area contributed by atoms with Gasteiger partial charge in [0.05, 0.1) is 30.0 Å². The zero-order valence-electron chi connectivity index (χ0n) is 13.6. The van der Waals surface area contributed by atoms with E-state index in [-0.39, 0.29) is 5.25 Å². The lowest BCUT2D eigenvalue weighted by Crippen LogP contribution is -2.26. The number of methoxy groups -OCH3 is 1. The molecule has 3 heterocycles. The van der Waals surface area contributed by atoms with Crippen molar-refractivity contribution in [3.8, 4) is 11.4 Å². The average molecular weight is 347 g/mol. The maximum atomic E-state index is 12.0. The van der Waals surface area contributed by atoms with Gasteiger partial charge in [0, 0.05) is 31.4 Å². The molecule has 7 heteroatoms. The fourth-order valence-electron chi connectivity index (χ4n) is 3.78. The van der Waals surface area contributed by atoms with Gasteiger partial charge in [-0.3, -0.25) is 4.90 Å². The number of hydrogen-bond acceptors (Lipinski definition) is 5. The van der Waals surface area contributed by atoms with Crippen molar-refractivity contribution in [1.82, 2.24) is 14.7 Å². The van der Waals surface area contributed by atoms with Crippen molar-refractivity contribution >= 4 is 9.84 Å². The summed E-state index contributed by atoms with van der Waals surface area (Å²) in [6.07, 6.45) is 4.67. The normalized spacial score (nSPS) is 25.7.